The van der Waals surface area contributed by atoms with E-state index in [1.807, 2.05) is 38.1 Å². The van der Waals surface area contributed by atoms with E-state index in [0.717, 1.165) is 20.6 Å². The van der Waals surface area contributed by atoms with Gasteiger partial charge in [0.25, 0.3) is 5.56 Å². The molecule has 2 aromatic heterocycles. The molecule has 0 bridgehead atoms. The summed E-state index contributed by atoms with van der Waals surface area (Å²) in [6.45, 7) is 3.89. The Hall–Kier alpha value is -1.64. The van der Waals surface area contributed by atoms with E-state index in [-0.39, 0.29) is 17.2 Å². The molecule has 1 aromatic carbocycles. The molecule has 0 aliphatic rings. The van der Waals surface area contributed by atoms with Crippen LogP contribution >= 0.6 is 39.0 Å². The number of nitrogens with zero attached hydrogens (tertiary/aromatic N) is 1. The second-order valence-electron chi connectivity index (χ2n) is 5.18. The van der Waals surface area contributed by atoms with E-state index >= 15 is 0 Å². The minimum atomic E-state index is -0.155. The number of hydrogen-bond donors (Lipinski definition) is 2. The van der Waals surface area contributed by atoms with E-state index in [1.165, 1.54) is 23.1 Å². The van der Waals surface area contributed by atoms with Crippen molar-refractivity contribution in [3.63, 3.8) is 0 Å². The Labute approximate surface area is 155 Å². The molecular weight excluding hydrogens is 410 g/mol. The van der Waals surface area contributed by atoms with E-state index in [1.54, 1.807) is 0 Å². The van der Waals surface area contributed by atoms with Crippen molar-refractivity contribution < 1.29 is 4.79 Å². The molecule has 0 atom stereocenters. The molecule has 0 radical (unpaired) electrons. The Morgan fingerprint density at radius 3 is 2.75 bits per heavy atom. The van der Waals surface area contributed by atoms with Crippen molar-refractivity contribution >= 4 is 60.8 Å². The smallest absolute Gasteiger partial charge is 0.260 e. The normalized spacial score (nSPS) is 11.0. The number of hydrogen-bond acceptors (Lipinski definition) is 5. The first-order chi connectivity index (χ1) is 11.4. The first-order valence-corrected chi connectivity index (χ1v) is 9.72. The fourth-order valence-corrected chi connectivity index (χ4v) is 4.18. The fourth-order valence-electron chi connectivity index (χ4n) is 2.17. The maximum atomic E-state index is 12.2. The maximum absolute atomic E-state index is 12.2. The van der Waals surface area contributed by atoms with Crippen LogP contribution in [0.15, 0.2) is 38.7 Å². The molecule has 124 valence electrons. The van der Waals surface area contributed by atoms with Crippen molar-refractivity contribution in [3.8, 4) is 0 Å². The number of benzene rings is 1. The van der Waals surface area contributed by atoms with Crippen molar-refractivity contribution in [1.82, 2.24) is 9.97 Å². The van der Waals surface area contributed by atoms with Gasteiger partial charge in [-0.25, -0.2) is 4.98 Å². The SMILES string of the molecule is Cc1sc2nc(SCC(=O)Nc3ccc(Br)cc3)[nH]c(=O)c2c1C. The van der Waals surface area contributed by atoms with Gasteiger partial charge in [-0.05, 0) is 43.7 Å². The number of H-pyrrole nitrogens is 1. The van der Waals surface area contributed by atoms with Crippen LogP contribution in [0, 0.1) is 13.8 Å². The highest BCUT2D eigenvalue weighted by Crippen LogP contribution is 2.27. The van der Waals surface area contributed by atoms with Crippen LogP contribution in [-0.2, 0) is 4.79 Å². The van der Waals surface area contributed by atoms with Gasteiger partial charge in [-0.15, -0.1) is 11.3 Å². The number of carbonyl (C=O) groups is 1. The Morgan fingerprint density at radius 1 is 1.33 bits per heavy atom. The molecule has 3 aromatic rings. The van der Waals surface area contributed by atoms with Crippen LogP contribution in [0.3, 0.4) is 0 Å². The summed E-state index contributed by atoms with van der Waals surface area (Å²) in [6, 6.07) is 7.35. The molecule has 2 N–H and O–H groups in total. The van der Waals surface area contributed by atoms with Crippen molar-refractivity contribution in [2.24, 2.45) is 0 Å². The second-order valence-corrected chi connectivity index (χ2v) is 8.26. The lowest BCUT2D eigenvalue weighted by Gasteiger charge is -2.05. The number of anilines is 1. The molecule has 0 spiro atoms. The standard InChI is InChI=1S/C16H14BrN3O2S2/c1-8-9(2)24-15-13(8)14(22)19-16(20-15)23-7-12(21)18-11-5-3-10(17)4-6-11/h3-6H,7H2,1-2H3,(H,18,21)(H,19,20,22). The minimum absolute atomic E-state index is 0.149. The molecule has 0 aliphatic carbocycles. The molecule has 0 fully saturated rings. The number of rotatable bonds is 4. The predicted molar refractivity (Wildman–Crippen MR) is 103 cm³/mol. The topological polar surface area (TPSA) is 74.8 Å². The lowest BCUT2D eigenvalue weighted by molar-refractivity contribution is -0.113. The van der Waals surface area contributed by atoms with E-state index < -0.39 is 0 Å². The molecule has 5 nitrogen and oxygen atoms in total. The number of aromatic amines is 1. The first kappa shape index (κ1) is 17.2. The highest BCUT2D eigenvalue weighted by Gasteiger charge is 2.13. The molecule has 0 aliphatic heterocycles. The molecule has 0 saturated heterocycles. The molecule has 3 rings (SSSR count). The summed E-state index contributed by atoms with van der Waals surface area (Å²) in [5.74, 6) is 0.0250. The third-order valence-electron chi connectivity index (χ3n) is 3.49. The highest BCUT2D eigenvalue weighted by molar-refractivity contribution is 9.10. The van der Waals surface area contributed by atoms with Crippen LogP contribution < -0.4 is 10.9 Å². The maximum Gasteiger partial charge on any atom is 0.260 e. The third kappa shape index (κ3) is 3.71. The van der Waals surface area contributed by atoms with Crippen molar-refractivity contribution in [2.45, 2.75) is 19.0 Å². The van der Waals surface area contributed by atoms with Gasteiger partial charge in [0, 0.05) is 15.0 Å². The lowest BCUT2D eigenvalue weighted by atomic mass is 10.2. The van der Waals surface area contributed by atoms with Crippen LogP contribution in [0.2, 0.25) is 0 Å². The number of halogens is 1. The second kappa shape index (κ2) is 7.08. The molecule has 8 heteroatoms. The van der Waals surface area contributed by atoms with Crippen LogP contribution in [-0.4, -0.2) is 21.6 Å². The van der Waals surface area contributed by atoms with Gasteiger partial charge in [-0.1, -0.05) is 27.7 Å². The number of amides is 1. The van der Waals surface area contributed by atoms with Crippen molar-refractivity contribution in [1.29, 1.82) is 0 Å². The van der Waals surface area contributed by atoms with Gasteiger partial charge in [0.15, 0.2) is 5.16 Å². The van der Waals surface area contributed by atoms with E-state index in [9.17, 15) is 9.59 Å². The number of aromatic nitrogens is 2. The zero-order chi connectivity index (χ0) is 17.3. The van der Waals surface area contributed by atoms with E-state index in [4.69, 9.17) is 0 Å². The molecule has 0 saturated carbocycles. The molecule has 2 heterocycles. The number of fused-ring (bicyclic) bond motifs is 1. The van der Waals surface area contributed by atoms with Crippen LogP contribution in [0.4, 0.5) is 5.69 Å². The molecule has 24 heavy (non-hydrogen) atoms. The van der Waals surface area contributed by atoms with Crippen LogP contribution in [0.1, 0.15) is 10.4 Å². The number of thioether (sulfide) groups is 1. The van der Waals surface area contributed by atoms with Gasteiger partial charge in [0.2, 0.25) is 5.91 Å². The third-order valence-corrected chi connectivity index (χ3v) is 5.99. The predicted octanol–water partition coefficient (Wildman–Crippen LogP) is 4.09. The number of carbonyl (C=O) groups excluding carboxylic acids is 1. The molecule has 0 unspecified atom stereocenters. The van der Waals surface area contributed by atoms with Gasteiger partial charge >= 0.3 is 0 Å². The van der Waals surface area contributed by atoms with Gasteiger partial charge in [-0.2, -0.15) is 0 Å². The zero-order valence-electron chi connectivity index (χ0n) is 13.0. The lowest BCUT2D eigenvalue weighted by Crippen LogP contribution is -2.15. The summed E-state index contributed by atoms with van der Waals surface area (Å²) in [5, 5.41) is 3.90. The van der Waals surface area contributed by atoms with E-state index in [0.29, 0.717) is 15.4 Å². The Bertz CT molecular complexity index is 964. The average Bonchev–Trinajstić information content (AvgIpc) is 2.82. The Morgan fingerprint density at radius 2 is 2.04 bits per heavy atom. The fraction of sp³-hybridized carbons (Fsp3) is 0.188. The first-order valence-electron chi connectivity index (χ1n) is 7.12. The quantitative estimate of drug-likeness (QED) is 0.489. The van der Waals surface area contributed by atoms with Crippen molar-refractivity contribution in [3.05, 3.63) is 49.5 Å². The zero-order valence-corrected chi connectivity index (χ0v) is 16.2. The summed E-state index contributed by atoms with van der Waals surface area (Å²) >= 11 is 6.06. The summed E-state index contributed by atoms with van der Waals surface area (Å²) < 4.78 is 0.950. The summed E-state index contributed by atoms with van der Waals surface area (Å²) in [7, 11) is 0. The van der Waals surface area contributed by atoms with Gasteiger partial charge < -0.3 is 10.3 Å². The van der Waals surface area contributed by atoms with Crippen LogP contribution in [0.5, 0.6) is 0 Å². The van der Waals surface area contributed by atoms with Crippen molar-refractivity contribution in [2.75, 3.05) is 11.1 Å². The summed E-state index contributed by atoms with van der Waals surface area (Å²) in [6.07, 6.45) is 0. The summed E-state index contributed by atoms with van der Waals surface area (Å²) in [4.78, 5) is 33.2. The molecular formula is C16H14BrN3O2S2. The largest absolute Gasteiger partial charge is 0.325 e. The minimum Gasteiger partial charge on any atom is -0.325 e. The van der Waals surface area contributed by atoms with Gasteiger partial charge in [-0.3, -0.25) is 9.59 Å². The average molecular weight is 424 g/mol. The Balaban J connectivity index is 1.70. The van der Waals surface area contributed by atoms with E-state index in [2.05, 4.69) is 31.2 Å². The summed E-state index contributed by atoms with van der Waals surface area (Å²) in [5.41, 5.74) is 1.54. The molecule has 1 amide bonds. The number of nitrogens with one attached hydrogen (secondary N) is 2. The monoisotopic (exact) mass is 423 g/mol. The van der Waals surface area contributed by atoms with Gasteiger partial charge in [0.05, 0.1) is 11.1 Å². The van der Waals surface area contributed by atoms with Gasteiger partial charge in [0.1, 0.15) is 4.83 Å². The Kier molecular flexibility index (Phi) is 5.07. The number of aryl methyl sites for hydroxylation is 2. The van der Waals surface area contributed by atoms with Crippen LogP contribution in [0.25, 0.3) is 10.2 Å². The highest BCUT2D eigenvalue weighted by atomic mass is 79.9. The number of thiophene rings is 1.